The van der Waals surface area contributed by atoms with Gasteiger partial charge in [0.1, 0.15) is 0 Å². The fourth-order valence-corrected chi connectivity index (χ4v) is 2.57. The Morgan fingerprint density at radius 3 is 2.37 bits per heavy atom. The summed E-state index contributed by atoms with van der Waals surface area (Å²) in [5.74, 6) is -1.12. The molecular weight excluding hydrogens is 400 g/mol. The number of benzene rings is 2. The molecule has 2 aromatic carbocycles. The van der Waals surface area contributed by atoms with Gasteiger partial charge in [0.25, 0.3) is 0 Å². The zero-order valence-electron chi connectivity index (χ0n) is 16.8. The first-order chi connectivity index (χ1) is 14.3. The van der Waals surface area contributed by atoms with Crippen LogP contribution in [0.25, 0.3) is 6.08 Å². The maximum absolute atomic E-state index is 12.1. The third kappa shape index (κ3) is 8.24. The highest BCUT2D eigenvalue weighted by Crippen LogP contribution is 2.16. The van der Waals surface area contributed by atoms with Crippen molar-refractivity contribution in [3.8, 4) is 0 Å². The third-order valence-electron chi connectivity index (χ3n) is 4.03. The monoisotopic (exact) mass is 424 g/mol. The molecule has 2 rings (SSSR count). The molecule has 3 amide bonds. The van der Waals surface area contributed by atoms with Gasteiger partial charge in [-0.3, -0.25) is 30.6 Å². The lowest BCUT2D eigenvalue weighted by atomic mass is 10.1. The zero-order chi connectivity index (χ0) is 21.9. The van der Waals surface area contributed by atoms with Crippen molar-refractivity contribution in [1.82, 2.24) is 16.2 Å². The van der Waals surface area contributed by atoms with E-state index in [1.54, 1.807) is 6.08 Å². The van der Waals surface area contributed by atoms with Crippen molar-refractivity contribution in [2.24, 2.45) is 0 Å². The van der Waals surface area contributed by atoms with Crippen molar-refractivity contribution < 1.29 is 14.4 Å². The highest BCUT2D eigenvalue weighted by molar-refractivity contribution is 7.80. The van der Waals surface area contributed by atoms with Crippen LogP contribution in [-0.2, 0) is 14.4 Å². The van der Waals surface area contributed by atoms with Gasteiger partial charge in [0.15, 0.2) is 5.11 Å². The lowest BCUT2D eigenvalue weighted by molar-refractivity contribution is -0.124. The van der Waals surface area contributed by atoms with Crippen molar-refractivity contribution in [3.63, 3.8) is 0 Å². The molecule has 2 aromatic rings. The van der Waals surface area contributed by atoms with Crippen molar-refractivity contribution in [2.45, 2.75) is 26.7 Å². The molecule has 0 aliphatic heterocycles. The molecule has 0 saturated carbocycles. The van der Waals surface area contributed by atoms with Gasteiger partial charge < -0.3 is 5.32 Å². The number of nitrogens with one attached hydrogen (secondary N) is 4. The average molecular weight is 425 g/mol. The van der Waals surface area contributed by atoms with Gasteiger partial charge in [0, 0.05) is 24.6 Å². The highest BCUT2D eigenvalue weighted by atomic mass is 32.1. The van der Waals surface area contributed by atoms with Crippen LogP contribution >= 0.6 is 12.2 Å². The number of hydrogen-bond acceptors (Lipinski definition) is 4. The fourth-order valence-electron chi connectivity index (χ4n) is 2.42. The van der Waals surface area contributed by atoms with Crippen LogP contribution in [0, 0.1) is 13.8 Å². The van der Waals surface area contributed by atoms with E-state index in [4.69, 9.17) is 12.2 Å². The number of hydrazine groups is 1. The van der Waals surface area contributed by atoms with E-state index in [0.29, 0.717) is 0 Å². The van der Waals surface area contributed by atoms with Gasteiger partial charge in [-0.15, -0.1) is 0 Å². The Hall–Kier alpha value is -3.52. The molecule has 0 spiro atoms. The van der Waals surface area contributed by atoms with Crippen LogP contribution in [-0.4, -0.2) is 22.8 Å². The first kappa shape index (κ1) is 22.8. The normalized spacial score (nSPS) is 10.3. The number of carbonyl (C=O) groups is 3. The molecule has 30 heavy (non-hydrogen) atoms. The number of rotatable bonds is 6. The lowest BCUT2D eigenvalue weighted by Gasteiger charge is -2.11. The van der Waals surface area contributed by atoms with Crippen LogP contribution in [0.15, 0.2) is 54.6 Å². The van der Waals surface area contributed by atoms with Crippen molar-refractivity contribution in [2.75, 3.05) is 5.32 Å². The summed E-state index contributed by atoms with van der Waals surface area (Å²) in [6.45, 7) is 3.84. The molecule has 0 unspecified atom stereocenters. The summed E-state index contributed by atoms with van der Waals surface area (Å²) in [7, 11) is 0. The van der Waals surface area contributed by atoms with Gasteiger partial charge in [-0.25, -0.2) is 0 Å². The van der Waals surface area contributed by atoms with E-state index in [2.05, 4.69) is 21.5 Å². The highest BCUT2D eigenvalue weighted by Gasteiger charge is 2.09. The van der Waals surface area contributed by atoms with Gasteiger partial charge >= 0.3 is 0 Å². The largest absolute Gasteiger partial charge is 0.326 e. The molecule has 0 aliphatic rings. The second-order valence-corrected chi connectivity index (χ2v) is 7.01. The van der Waals surface area contributed by atoms with Crippen LogP contribution in [0.5, 0.6) is 0 Å². The van der Waals surface area contributed by atoms with Crippen LogP contribution in [0.1, 0.15) is 29.5 Å². The molecule has 4 N–H and O–H groups in total. The molecule has 0 bridgehead atoms. The number of hydrogen-bond donors (Lipinski definition) is 4. The summed E-state index contributed by atoms with van der Waals surface area (Å²) >= 11 is 4.96. The van der Waals surface area contributed by atoms with E-state index >= 15 is 0 Å². The van der Waals surface area contributed by atoms with Gasteiger partial charge in [0.2, 0.25) is 17.7 Å². The van der Waals surface area contributed by atoms with Gasteiger partial charge in [-0.05, 0) is 54.9 Å². The molecule has 0 aliphatic carbocycles. The van der Waals surface area contributed by atoms with E-state index in [1.807, 2.05) is 62.4 Å². The number of amides is 3. The molecule has 0 saturated heterocycles. The Kier molecular flexibility index (Phi) is 8.71. The van der Waals surface area contributed by atoms with Crippen LogP contribution in [0.4, 0.5) is 5.69 Å². The van der Waals surface area contributed by atoms with E-state index in [0.717, 1.165) is 22.4 Å². The molecule has 8 heteroatoms. The molecule has 0 fully saturated rings. The first-order valence-electron chi connectivity index (χ1n) is 9.33. The summed E-state index contributed by atoms with van der Waals surface area (Å²) in [5.41, 5.74) is 8.37. The number of aryl methyl sites for hydroxylation is 2. The molecule has 0 aromatic heterocycles. The fraction of sp³-hybridized carbons (Fsp3) is 0.182. The maximum Gasteiger partial charge on any atom is 0.250 e. The Morgan fingerprint density at radius 1 is 0.933 bits per heavy atom. The summed E-state index contributed by atoms with van der Waals surface area (Å²) in [4.78, 5) is 35.8. The van der Waals surface area contributed by atoms with Gasteiger partial charge in [-0.2, -0.15) is 0 Å². The smallest absolute Gasteiger partial charge is 0.250 e. The SMILES string of the molecule is Cc1ccc(C)c(NC(=O)CCC(=O)NNC(=S)NC(=O)C=Cc2ccccc2)c1. The number of anilines is 1. The van der Waals surface area contributed by atoms with Crippen LogP contribution < -0.4 is 21.5 Å². The Morgan fingerprint density at radius 2 is 1.63 bits per heavy atom. The standard InChI is InChI=1S/C22H24N4O3S/c1-15-8-9-16(2)18(14-15)23-19(27)12-13-21(29)25-26-22(30)24-20(28)11-10-17-6-4-3-5-7-17/h3-11,14H,12-13H2,1-2H3,(H,23,27)(H,25,29)(H2,24,26,28,30). The Labute approximate surface area is 180 Å². The molecule has 0 radical (unpaired) electrons. The Balaban J connectivity index is 1.67. The van der Waals surface area contributed by atoms with Crippen LogP contribution in [0.2, 0.25) is 0 Å². The van der Waals surface area contributed by atoms with E-state index in [9.17, 15) is 14.4 Å². The second kappa shape index (κ2) is 11.5. The topological polar surface area (TPSA) is 99.3 Å². The summed E-state index contributed by atoms with van der Waals surface area (Å²) < 4.78 is 0. The van der Waals surface area contributed by atoms with E-state index in [-0.39, 0.29) is 23.9 Å². The minimum atomic E-state index is -0.432. The van der Waals surface area contributed by atoms with E-state index < -0.39 is 11.8 Å². The molecular formula is C22H24N4O3S. The molecule has 156 valence electrons. The minimum Gasteiger partial charge on any atom is -0.326 e. The average Bonchev–Trinajstić information content (AvgIpc) is 2.72. The van der Waals surface area contributed by atoms with Crippen molar-refractivity contribution in [3.05, 3.63) is 71.3 Å². The molecule has 7 nitrogen and oxygen atoms in total. The minimum absolute atomic E-state index is 0.0137. The first-order valence-corrected chi connectivity index (χ1v) is 9.74. The van der Waals surface area contributed by atoms with E-state index in [1.165, 1.54) is 6.08 Å². The molecule has 0 heterocycles. The third-order valence-corrected chi connectivity index (χ3v) is 4.23. The molecule has 0 atom stereocenters. The lowest BCUT2D eigenvalue weighted by Crippen LogP contribution is -2.48. The second-order valence-electron chi connectivity index (χ2n) is 6.60. The number of carbonyl (C=O) groups excluding carboxylic acids is 3. The van der Waals surface area contributed by atoms with Crippen molar-refractivity contribution >= 4 is 46.8 Å². The predicted molar refractivity (Wildman–Crippen MR) is 121 cm³/mol. The van der Waals surface area contributed by atoms with Gasteiger partial charge in [-0.1, -0.05) is 42.5 Å². The zero-order valence-corrected chi connectivity index (χ0v) is 17.6. The Bertz CT molecular complexity index is 958. The number of thiocarbonyl (C=S) groups is 1. The quantitative estimate of drug-likeness (QED) is 0.325. The summed E-state index contributed by atoms with van der Waals surface area (Å²) in [5, 5.41) is 5.16. The van der Waals surface area contributed by atoms with Gasteiger partial charge in [0.05, 0.1) is 0 Å². The predicted octanol–water partition coefficient (Wildman–Crippen LogP) is 2.76. The summed E-state index contributed by atoms with van der Waals surface area (Å²) in [6.07, 6.45) is 2.96. The summed E-state index contributed by atoms with van der Waals surface area (Å²) in [6, 6.07) is 15.1. The van der Waals surface area contributed by atoms with Crippen molar-refractivity contribution in [1.29, 1.82) is 0 Å². The maximum atomic E-state index is 12.1. The van der Waals surface area contributed by atoms with Crippen LogP contribution in [0.3, 0.4) is 0 Å².